The maximum absolute atomic E-state index is 4.19. The van der Waals surface area contributed by atoms with Gasteiger partial charge in [-0.2, -0.15) is 0 Å². The Labute approximate surface area is 150 Å². The maximum atomic E-state index is 4.19. The maximum Gasteiger partial charge on any atom is 0.0492 e. The van der Waals surface area contributed by atoms with E-state index in [1.807, 2.05) is 19.2 Å². The van der Waals surface area contributed by atoms with Gasteiger partial charge in [0.2, 0.25) is 0 Å². The van der Waals surface area contributed by atoms with E-state index in [4.69, 9.17) is 0 Å². The number of hydrogen-bond donors (Lipinski definition) is 1. The van der Waals surface area contributed by atoms with E-state index in [1.165, 1.54) is 16.7 Å². The number of nitrogens with one attached hydrogen (secondary N) is 1. The summed E-state index contributed by atoms with van der Waals surface area (Å²) in [6.45, 7) is 18.1. The van der Waals surface area contributed by atoms with Gasteiger partial charge in [-0.1, -0.05) is 37.0 Å². The number of hydrogen-bond acceptors (Lipinski definition) is 3. The largest absolute Gasteiger partial charge is 0.391 e. The van der Waals surface area contributed by atoms with Crippen LogP contribution in [0.15, 0.2) is 60.4 Å². The third-order valence-electron chi connectivity index (χ3n) is 4.26. The summed E-state index contributed by atoms with van der Waals surface area (Å²) in [5.74, 6) is 0. The second-order valence-electron chi connectivity index (χ2n) is 6.52. The molecule has 0 fully saturated rings. The van der Waals surface area contributed by atoms with Crippen LogP contribution >= 0.6 is 0 Å². The predicted molar refractivity (Wildman–Crippen MR) is 109 cm³/mol. The highest BCUT2D eigenvalue weighted by Gasteiger charge is 2.19. The van der Waals surface area contributed by atoms with Gasteiger partial charge in [-0.05, 0) is 59.0 Å². The molecule has 0 aliphatic rings. The van der Waals surface area contributed by atoms with Crippen molar-refractivity contribution in [2.45, 2.75) is 32.7 Å². The van der Waals surface area contributed by atoms with Crippen LogP contribution in [0.2, 0.25) is 0 Å². The van der Waals surface area contributed by atoms with E-state index < -0.39 is 0 Å². The van der Waals surface area contributed by atoms with Gasteiger partial charge in [0, 0.05) is 31.9 Å². The molecular formula is C21H37N3. The Bertz CT molecular complexity index is 483. The molecule has 1 unspecified atom stereocenters. The molecule has 0 aromatic carbocycles. The molecule has 0 aromatic heterocycles. The van der Waals surface area contributed by atoms with Crippen LogP contribution < -0.4 is 5.32 Å². The lowest BCUT2D eigenvalue weighted by Gasteiger charge is -2.31. The van der Waals surface area contributed by atoms with Crippen molar-refractivity contribution in [3.8, 4) is 0 Å². The number of rotatable bonds is 12. The fourth-order valence-electron chi connectivity index (χ4n) is 2.92. The summed E-state index contributed by atoms with van der Waals surface area (Å²) in [5, 5.41) is 3.22. The van der Waals surface area contributed by atoms with Crippen molar-refractivity contribution in [3.05, 3.63) is 60.4 Å². The molecule has 136 valence electrons. The standard InChI is InChI=1S/C21H37N3/c1-10-13-14-21(18(5)22-6)24(9)16-20(19(11-2)12-3)17(4)15-23(7)8/h10-12,21-22H,1-2,5,13-16H2,3-4,6-9H3/b19-12-,20-17+. The van der Waals surface area contributed by atoms with Crippen molar-refractivity contribution in [1.29, 1.82) is 0 Å². The summed E-state index contributed by atoms with van der Waals surface area (Å²) in [6.07, 6.45) is 8.05. The topological polar surface area (TPSA) is 18.5 Å². The zero-order valence-corrected chi connectivity index (χ0v) is 16.7. The summed E-state index contributed by atoms with van der Waals surface area (Å²) in [4.78, 5) is 4.57. The van der Waals surface area contributed by atoms with Crippen LogP contribution in [0.3, 0.4) is 0 Å². The van der Waals surface area contributed by atoms with E-state index in [-0.39, 0.29) is 6.04 Å². The molecule has 0 aliphatic heterocycles. The molecule has 24 heavy (non-hydrogen) atoms. The first-order valence-electron chi connectivity index (χ1n) is 8.62. The third kappa shape index (κ3) is 7.33. The van der Waals surface area contributed by atoms with E-state index in [1.54, 1.807) is 0 Å². The van der Waals surface area contributed by atoms with Crippen molar-refractivity contribution in [1.82, 2.24) is 15.1 Å². The molecule has 0 aliphatic carbocycles. The Hall–Kier alpha value is -1.58. The van der Waals surface area contributed by atoms with Crippen molar-refractivity contribution in [3.63, 3.8) is 0 Å². The monoisotopic (exact) mass is 331 g/mol. The lowest BCUT2D eigenvalue weighted by Crippen LogP contribution is -2.38. The zero-order chi connectivity index (χ0) is 18.7. The zero-order valence-electron chi connectivity index (χ0n) is 16.7. The van der Waals surface area contributed by atoms with Gasteiger partial charge in [0.25, 0.3) is 0 Å². The molecule has 1 N–H and O–H groups in total. The van der Waals surface area contributed by atoms with E-state index in [0.29, 0.717) is 0 Å². The molecule has 0 radical (unpaired) electrons. The molecule has 0 aromatic rings. The van der Waals surface area contributed by atoms with Crippen molar-refractivity contribution < 1.29 is 0 Å². The van der Waals surface area contributed by atoms with Crippen LogP contribution in [-0.2, 0) is 0 Å². The first kappa shape index (κ1) is 22.4. The summed E-state index contributed by atoms with van der Waals surface area (Å²) in [5.41, 5.74) is 4.97. The highest BCUT2D eigenvalue weighted by molar-refractivity contribution is 5.43. The molecule has 0 amide bonds. The Morgan fingerprint density at radius 2 is 1.79 bits per heavy atom. The molecule has 3 nitrogen and oxygen atoms in total. The Balaban J connectivity index is 5.54. The van der Waals surface area contributed by atoms with E-state index >= 15 is 0 Å². The second kappa shape index (κ2) is 11.9. The second-order valence-corrected chi connectivity index (χ2v) is 6.52. The van der Waals surface area contributed by atoms with Gasteiger partial charge in [-0.15, -0.1) is 6.58 Å². The number of nitrogens with zero attached hydrogens (tertiary/aromatic N) is 2. The number of allylic oxidation sites excluding steroid dienone is 3. The fourth-order valence-corrected chi connectivity index (χ4v) is 2.92. The van der Waals surface area contributed by atoms with Gasteiger partial charge in [-0.25, -0.2) is 0 Å². The molecule has 0 saturated heterocycles. The molecule has 0 rings (SSSR count). The summed E-state index contributed by atoms with van der Waals surface area (Å²) in [6, 6.07) is 0.276. The van der Waals surface area contributed by atoms with Crippen LogP contribution in [-0.4, -0.2) is 57.1 Å². The molecule has 0 heterocycles. The fraction of sp³-hybridized carbons (Fsp3) is 0.524. The van der Waals surface area contributed by atoms with Crippen LogP contribution in [0.4, 0.5) is 0 Å². The van der Waals surface area contributed by atoms with E-state index in [9.17, 15) is 0 Å². The molecule has 0 spiro atoms. The van der Waals surface area contributed by atoms with Gasteiger partial charge in [0.15, 0.2) is 0 Å². The van der Waals surface area contributed by atoms with Gasteiger partial charge in [0.05, 0.1) is 0 Å². The van der Waals surface area contributed by atoms with E-state index in [2.05, 4.69) is 75.9 Å². The third-order valence-corrected chi connectivity index (χ3v) is 4.26. The first-order chi connectivity index (χ1) is 11.3. The Kier molecular flexibility index (Phi) is 11.1. The predicted octanol–water partition coefficient (Wildman–Crippen LogP) is 4.00. The van der Waals surface area contributed by atoms with Crippen LogP contribution in [0.1, 0.15) is 26.7 Å². The first-order valence-corrected chi connectivity index (χ1v) is 8.62. The molecule has 0 saturated carbocycles. The van der Waals surface area contributed by atoms with Crippen LogP contribution in [0.25, 0.3) is 0 Å². The van der Waals surface area contributed by atoms with Crippen molar-refractivity contribution >= 4 is 0 Å². The molecule has 1 atom stereocenters. The molecule has 0 bridgehead atoms. The number of likely N-dealkylation sites (N-methyl/N-ethyl adjacent to an activating group) is 3. The lowest BCUT2D eigenvalue weighted by molar-refractivity contribution is 0.274. The minimum Gasteiger partial charge on any atom is -0.391 e. The highest BCUT2D eigenvalue weighted by Crippen LogP contribution is 2.21. The minimum absolute atomic E-state index is 0.276. The summed E-state index contributed by atoms with van der Waals surface area (Å²) < 4.78 is 0. The Morgan fingerprint density at radius 1 is 1.17 bits per heavy atom. The van der Waals surface area contributed by atoms with E-state index in [0.717, 1.165) is 31.6 Å². The smallest absolute Gasteiger partial charge is 0.0492 e. The van der Waals surface area contributed by atoms with Crippen LogP contribution in [0, 0.1) is 0 Å². The van der Waals surface area contributed by atoms with Gasteiger partial charge >= 0.3 is 0 Å². The Morgan fingerprint density at radius 3 is 2.21 bits per heavy atom. The minimum atomic E-state index is 0.276. The average Bonchev–Trinajstić information content (AvgIpc) is 2.54. The normalized spacial score (nSPS) is 14.4. The van der Waals surface area contributed by atoms with Gasteiger partial charge in [0.1, 0.15) is 0 Å². The highest BCUT2D eigenvalue weighted by atomic mass is 15.2. The van der Waals surface area contributed by atoms with Gasteiger partial charge in [-0.3, -0.25) is 4.90 Å². The average molecular weight is 332 g/mol. The quantitative estimate of drug-likeness (QED) is 0.431. The molecule has 3 heteroatoms. The summed E-state index contributed by atoms with van der Waals surface area (Å²) in [7, 11) is 8.30. The van der Waals surface area contributed by atoms with Crippen molar-refractivity contribution in [2.24, 2.45) is 0 Å². The SMILES string of the molecule is C=CCCC(C(=C)NC)N(C)CC(/C(C=C)=C\C)=C(/C)CN(C)C. The lowest BCUT2D eigenvalue weighted by atomic mass is 9.97. The van der Waals surface area contributed by atoms with Crippen molar-refractivity contribution in [2.75, 3.05) is 41.3 Å². The van der Waals surface area contributed by atoms with Crippen LogP contribution in [0.5, 0.6) is 0 Å². The summed E-state index contributed by atoms with van der Waals surface area (Å²) >= 11 is 0. The molecular weight excluding hydrogens is 294 g/mol. The van der Waals surface area contributed by atoms with Gasteiger partial charge < -0.3 is 10.2 Å².